The fourth-order valence-corrected chi connectivity index (χ4v) is 4.52. The van der Waals surface area contributed by atoms with Crippen molar-refractivity contribution in [1.82, 2.24) is 14.4 Å². The predicted octanol–water partition coefficient (Wildman–Crippen LogP) is 5.90. The van der Waals surface area contributed by atoms with Gasteiger partial charge >= 0.3 is 0 Å². The largest absolute Gasteiger partial charge is 0.297 e. The molecule has 0 saturated heterocycles. The van der Waals surface area contributed by atoms with Crippen LogP contribution in [-0.4, -0.2) is 19.3 Å². The Kier molecular flexibility index (Phi) is 5.71. The van der Waals surface area contributed by atoms with Crippen LogP contribution in [-0.2, 0) is 0 Å². The van der Waals surface area contributed by atoms with E-state index >= 15 is 0 Å². The van der Waals surface area contributed by atoms with Crippen LogP contribution in [0, 0.1) is 17.0 Å². The Labute approximate surface area is 173 Å². The van der Waals surface area contributed by atoms with Crippen molar-refractivity contribution >= 4 is 58.4 Å². The quantitative estimate of drug-likeness (QED) is 0.292. The third kappa shape index (κ3) is 3.93. The summed E-state index contributed by atoms with van der Waals surface area (Å²) in [4.78, 5) is 20.4. The van der Waals surface area contributed by atoms with Gasteiger partial charge in [0.05, 0.1) is 21.8 Å². The molecule has 0 radical (unpaired) electrons. The first-order valence-electron chi connectivity index (χ1n) is 7.52. The van der Waals surface area contributed by atoms with E-state index < -0.39 is 0 Å². The van der Waals surface area contributed by atoms with Crippen molar-refractivity contribution in [2.75, 3.05) is 0 Å². The maximum absolute atomic E-state index is 11.0. The number of hydrogen-bond donors (Lipinski definition) is 0. The third-order valence-electron chi connectivity index (χ3n) is 3.79. The molecule has 3 heterocycles. The molecule has 27 heavy (non-hydrogen) atoms. The number of hydrogen-bond acceptors (Lipinski definition) is 6. The summed E-state index contributed by atoms with van der Waals surface area (Å²) in [7, 11) is 0. The minimum absolute atomic E-state index is 0. The molecule has 6 nitrogen and oxygen atoms in total. The van der Waals surface area contributed by atoms with Crippen molar-refractivity contribution in [3.63, 3.8) is 0 Å². The van der Waals surface area contributed by atoms with Crippen LogP contribution >= 0.6 is 47.1 Å². The lowest BCUT2D eigenvalue weighted by Crippen LogP contribution is -1.90. The summed E-state index contributed by atoms with van der Waals surface area (Å²) in [6, 6.07) is 8.48. The van der Waals surface area contributed by atoms with Crippen LogP contribution in [0.15, 0.2) is 57.3 Å². The van der Waals surface area contributed by atoms with Crippen molar-refractivity contribution in [3.8, 4) is 11.4 Å². The zero-order valence-electron chi connectivity index (χ0n) is 13.8. The number of rotatable bonds is 4. The van der Waals surface area contributed by atoms with E-state index in [-0.39, 0.29) is 23.0 Å². The second-order valence-electron chi connectivity index (χ2n) is 5.53. The summed E-state index contributed by atoms with van der Waals surface area (Å²) < 4.78 is 2.70. The van der Waals surface area contributed by atoms with Gasteiger partial charge in [-0.15, -0.1) is 23.7 Å². The minimum atomic E-state index is -0.390. The Morgan fingerprint density at radius 1 is 1.30 bits per heavy atom. The van der Waals surface area contributed by atoms with E-state index in [0.717, 1.165) is 31.8 Å². The Morgan fingerprint density at radius 3 is 2.89 bits per heavy atom. The lowest BCUT2D eigenvalue weighted by molar-refractivity contribution is -0.385. The van der Waals surface area contributed by atoms with Crippen LogP contribution in [0.5, 0.6) is 0 Å². The molecular formula is C17H12Cl2N4O2S2. The normalized spacial score (nSPS) is 10.7. The van der Waals surface area contributed by atoms with Gasteiger partial charge in [-0.2, -0.15) is 0 Å². The minimum Gasteiger partial charge on any atom is -0.297 e. The van der Waals surface area contributed by atoms with Crippen molar-refractivity contribution in [2.45, 2.75) is 16.2 Å². The smallest absolute Gasteiger partial charge is 0.270 e. The van der Waals surface area contributed by atoms with Crippen LogP contribution in [0.4, 0.5) is 5.69 Å². The molecule has 0 amide bonds. The van der Waals surface area contributed by atoms with E-state index in [9.17, 15) is 10.1 Å². The number of aryl methyl sites for hydroxylation is 1. The van der Waals surface area contributed by atoms with Gasteiger partial charge in [-0.25, -0.2) is 9.97 Å². The van der Waals surface area contributed by atoms with E-state index in [4.69, 9.17) is 11.6 Å². The van der Waals surface area contributed by atoms with Crippen LogP contribution in [0.2, 0.25) is 5.02 Å². The molecule has 0 unspecified atom stereocenters. The van der Waals surface area contributed by atoms with Crippen molar-refractivity contribution in [3.05, 3.63) is 68.8 Å². The summed E-state index contributed by atoms with van der Waals surface area (Å²) in [5, 5.41) is 13.6. The van der Waals surface area contributed by atoms with Gasteiger partial charge in [0.25, 0.3) is 5.69 Å². The predicted molar refractivity (Wildman–Crippen MR) is 111 cm³/mol. The van der Waals surface area contributed by atoms with Crippen LogP contribution in [0.3, 0.4) is 0 Å². The number of pyridine rings is 1. The summed E-state index contributed by atoms with van der Waals surface area (Å²) in [6.45, 7) is 1.92. The van der Waals surface area contributed by atoms with Gasteiger partial charge in [0.2, 0.25) is 0 Å². The van der Waals surface area contributed by atoms with Crippen molar-refractivity contribution in [1.29, 1.82) is 0 Å². The fraction of sp³-hybridized carbons (Fsp3) is 0.0588. The molecule has 0 bridgehead atoms. The molecule has 0 aliphatic rings. The first-order chi connectivity index (χ1) is 12.5. The Bertz CT molecular complexity index is 1140. The van der Waals surface area contributed by atoms with Crippen molar-refractivity contribution < 1.29 is 4.92 Å². The van der Waals surface area contributed by atoms with Gasteiger partial charge in [0, 0.05) is 28.6 Å². The SMILES string of the molecule is Cc1ccc([N+](=O)[O-])cc1Sc1nc(-c2cnc3ccc(Cl)cn23)cs1.Cl. The summed E-state index contributed by atoms with van der Waals surface area (Å²) in [6.07, 6.45) is 3.56. The number of aromatic nitrogens is 3. The number of benzene rings is 1. The van der Waals surface area contributed by atoms with Gasteiger partial charge in [-0.3, -0.25) is 14.5 Å². The number of thiazole rings is 1. The molecule has 0 aliphatic heterocycles. The molecular weight excluding hydrogens is 427 g/mol. The number of halogens is 2. The van der Waals surface area contributed by atoms with E-state index in [1.165, 1.54) is 29.2 Å². The first-order valence-corrected chi connectivity index (χ1v) is 9.60. The second kappa shape index (κ2) is 7.85. The Morgan fingerprint density at radius 2 is 2.11 bits per heavy atom. The fourth-order valence-electron chi connectivity index (χ4n) is 2.47. The van der Waals surface area contributed by atoms with Gasteiger partial charge in [0.15, 0.2) is 4.34 Å². The van der Waals surface area contributed by atoms with Gasteiger partial charge < -0.3 is 0 Å². The van der Waals surface area contributed by atoms with E-state index in [1.807, 2.05) is 22.8 Å². The molecule has 1 aromatic carbocycles. The molecule has 0 atom stereocenters. The number of non-ortho nitro benzene ring substituents is 1. The molecule has 0 fully saturated rings. The third-order valence-corrected chi connectivity index (χ3v) is 6.12. The summed E-state index contributed by atoms with van der Waals surface area (Å²) >= 11 is 8.99. The monoisotopic (exact) mass is 438 g/mol. The molecule has 3 aromatic heterocycles. The highest BCUT2D eigenvalue weighted by atomic mass is 35.5. The number of imidazole rings is 1. The molecule has 0 spiro atoms. The average Bonchev–Trinajstić information content (AvgIpc) is 3.22. The highest BCUT2D eigenvalue weighted by molar-refractivity contribution is 8.01. The van der Waals surface area contributed by atoms with Crippen molar-refractivity contribution in [2.24, 2.45) is 0 Å². The summed E-state index contributed by atoms with van der Waals surface area (Å²) in [5.74, 6) is 0. The summed E-state index contributed by atoms with van der Waals surface area (Å²) in [5.41, 5.74) is 3.48. The van der Waals surface area contributed by atoms with Crippen LogP contribution < -0.4 is 0 Å². The molecule has 10 heteroatoms. The molecule has 0 N–H and O–H groups in total. The number of nitrogens with zero attached hydrogens (tertiary/aromatic N) is 4. The zero-order chi connectivity index (χ0) is 18.3. The van der Waals surface area contributed by atoms with E-state index in [2.05, 4.69) is 9.97 Å². The standard InChI is InChI=1S/C17H11ClN4O2S2.ClH/c1-10-2-4-12(22(23)24)6-15(10)26-17-20-13(9-25-17)14-7-19-16-5-3-11(18)8-21(14)16;/h2-9H,1H3;1H. The van der Waals surface area contributed by atoms with E-state index in [1.54, 1.807) is 30.6 Å². The van der Waals surface area contributed by atoms with Crippen LogP contribution in [0.1, 0.15) is 5.56 Å². The lowest BCUT2D eigenvalue weighted by atomic mass is 10.2. The highest BCUT2D eigenvalue weighted by Crippen LogP contribution is 2.36. The number of fused-ring (bicyclic) bond motifs is 1. The molecule has 4 aromatic rings. The highest BCUT2D eigenvalue weighted by Gasteiger charge is 2.14. The molecule has 4 rings (SSSR count). The lowest BCUT2D eigenvalue weighted by Gasteiger charge is -2.03. The average molecular weight is 439 g/mol. The molecule has 0 aliphatic carbocycles. The van der Waals surface area contributed by atoms with E-state index in [0.29, 0.717) is 5.02 Å². The Hall–Kier alpha value is -2.13. The Balaban J connectivity index is 0.00000210. The molecule has 138 valence electrons. The second-order valence-corrected chi connectivity index (χ2v) is 8.11. The number of nitro groups is 1. The maximum Gasteiger partial charge on any atom is 0.270 e. The van der Waals surface area contributed by atoms with Gasteiger partial charge in [0.1, 0.15) is 11.3 Å². The van der Waals surface area contributed by atoms with Gasteiger partial charge in [-0.05, 0) is 24.6 Å². The zero-order valence-corrected chi connectivity index (χ0v) is 17.0. The van der Waals surface area contributed by atoms with Gasteiger partial charge in [-0.1, -0.05) is 29.4 Å². The van der Waals surface area contributed by atoms with Crippen LogP contribution in [0.25, 0.3) is 17.0 Å². The maximum atomic E-state index is 11.0. The number of nitro benzene ring substituents is 1. The topological polar surface area (TPSA) is 73.3 Å². The molecule has 0 saturated carbocycles. The first kappa shape index (κ1) is 19.6.